The van der Waals surface area contributed by atoms with Gasteiger partial charge in [0.2, 0.25) is 0 Å². The fourth-order valence-corrected chi connectivity index (χ4v) is 1.97. The van der Waals surface area contributed by atoms with Crippen molar-refractivity contribution in [1.29, 1.82) is 5.26 Å². The van der Waals surface area contributed by atoms with Gasteiger partial charge in [-0.3, -0.25) is 0 Å². The largest absolute Gasteiger partial charge is 0.308 e. The van der Waals surface area contributed by atoms with Crippen molar-refractivity contribution in [2.45, 2.75) is 26.4 Å². The molecule has 110 valence electrons. The Labute approximate surface area is 119 Å². The van der Waals surface area contributed by atoms with Crippen LogP contribution in [0, 0.1) is 28.9 Å². The van der Waals surface area contributed by atoms with E-state index in [4.69, 9.17) is 5.26 Å². The maximum Gasteiger partial charge on any atom is 0.131 e. The Morgan fingerprint density at radius 1 is 1.25 bits per heavy atom. The molecule has 1 rings (SSSR count). The first-order chi connectivity index (χ1) is 9.35. The lowest BCUT2D eigenvalue weighted by atomic mass is 10.0. The van der Waals surface area contributed by atoms with Gasteiger partial charge in [0.05, 0.1) is 11.6 Å². The molecular formula is C15H21F2N3. The summed E-state index contributed by atoms with van der Waals surface area (Å²) in [5, 5.41) is 11.8. The highest BCUT2D eigenvalue weighted by molar-refractivity contribution is 5.34. The second-order valence-electron chi connectivity index (χ2n) is 5.52. The molecule has 0 aliphatic rings. The average Bonchev–Trinajstić information content (AvgIpc) is 2.35. The van der Waals surface area contributed by atoms with Crippen molar-refractivity contribution in [2.75, 3.05) is 20.6 Å². The molecule has 1 aromatic rings. The highest BCUT2D eigenvalue weighted by Crippen LogP contribution is 2.16. The Hall–Kier alpha value is -1.51. The van der Waals surface area contributed by atoms with Gasteiger partial charge in [-0.15, -0.1) is 0 Å². The van der Waals surface area contributed by atoms with Crippen LogP contribution in [0.3, 0.4) is 0 Å². The van der Waals surface area contributed by atoms with E-state index in [1.165, 1.54) is 0 Å². The van der Waals surface area contributed by atoms with E-state index in [1.54, 1.807) is 6.07 Å². The molecule has 0 heterocycles. The summed E-state index contributed by atoms with van der Waals surface area (Å²) in [4.78, 5) is 2.03. The van der Waals surface area contributed by atoms with Gasteiger partial charge in [-0.1, -0.05) is 13.8 Å². The number of nitrogens with one attached hydrogen (secondary N) is 1. The highest BCUT2D eigenvalue weighted by atomic mass is 19.1. The van der Waals surface area contributed by atoms with Crippen LogP contribution in [0.5, 0.6) is 0 Å². The molecule has 1 N–H and O–H groups in total. The number of hydrogen-bond donors (Lipinski definition) is 1. The van der Waals surface area contributed by atoms with E-state index in [0.717, 1.165) is 18.7 Å². The monoisotopic (exact) mass is 281 g/mol. The fraction of sp³-hybridized carbons (Fsp3) is 0.533. The van der Waals surface area contributed by atoms with Crippen molar-refractivity contribution >= 4 is 0 Å². The molecule has 1 unspecified atom stereocenters. The molecule has 5 heteroatoms. The second-order valence-corrected chi connectivity index (χ2v) is 5.52. The van der Waals surface area contributed by atoms with E-state index in [9.17, 15) is 8.78 Å². The fourth-order valence-electron chi connectivity index (χ4n) is 1.97. The zero-order valence-electron chi connectivity index (χ0n) is 12.4. The van der Waals surface area contributed by atoms with Gasteiger partial charge in [-0.2, -0.15) is 5.26 Å². The number of rotatable bonds is 6. The summed E-state index contributed by atoms with van der Waals surface area (Å²) in [7, 11) is 3.92. The van der Waals surface area contributed by atoms with Gasteiger partial charge in [0, 0.05) is 24.7 Å². The zero-order valence-corrected chi connectivity index (χ0v) is 12.4. The lowest BCUT2D eigenvalue weighted by Crippen LogP contribution is -2.41. The first kappa shape index (κ1) is 16.5. The first-order valence-electron chi connectivity index (χ1n) is 6.61. The number of nitrogens with zero attached hydrogens (tertiary/aromatic N) is 2. The van der Waals surface area contributed by atoms with Crippen molar-refractivity contribution in [1.82, 2.24) is 10.2 Å². The molecule has 0 bridgehead atoms. The summed E-state index contributed by atoms with van der Waals surface area (Å²) in [5.41, 5.74) is -0.0224. The molecule has 0 fully saturated rings. The molecule has 0 saturated heterocycles. The molecule has 0 aliphatic heterocycles. The standard InChI is InChI=1S/C15H21F2N3/c1-10(2)15(9-20(3)4)19-8-12-13(16)5-11(7-18)6-14(12)17/h5-6,10,15,19H,8-9H2,1-4H3. The third-order valence-corrected chi connectivity index (χ3v) is 3.18. The van der Waals surface area contributed by atoms with Crippen molar-refractivity contribution in [3.05, 3.63) is 34.9 Å². The predicted molar refractivity (Wildman–Crippen MR) is 75.1 cm³/mol. The third kappa shape index (κ3) is 4.55. The van der Waals surface area contributed by atoms with Crippen LogP contribution in [0.4, 0.5) is 8.78 Å². The van der Waals surface area contributed by atoms with Crippen LogP contribution in [0.1, 0.15) is 25.0 Å². The smallest absolute Gasteiger partial charge is 0.131 e. The molecule has 1 atom stereocenters. The van der Waals surface area contributed by atoms with Gasteiger partial charge >= 0.3 is 0 Å². The van der Waals surface area contributed by atoms with Gasteiger partial charge in [0.25, 0.3) is 0 Å². The van der Waals surface area contributed by atoms with E-state index in [1.807, 2.05) is 19.0 Å². The average molecular weight is 281 g/mol. The number of likely N-dealkylation sites (N-methyl/N-ethyl adjacent to an activating group) is 1. The number of halogens is 2. The summed E-state index contributed by atoms with van der Waals surface area (Å²) in [6.07, 6.45) is 0. The van der Waals surface area contributed by atoms with E-state index >= 15 is 0 Å². The minimum Gasteiger partial charge on any atom is -0.308 e. The number of hydrogen-bond acceptors (Lipinski definition) is 3. The maximum atomic E-state index is 13.8. The summed E-state index contributed by atoms with van der Waals surface area (Å²) < 4.78 is 27.5. The quantitative estimate of drug-likeness (QED) is 0.871. The van der Waals surface area contributed by atoms with Gasteiger partial charge in [0.15, 0.2) is 0 Å². The van der Waals surface area contributed by atoms with Crippen molar-refractivity contribution in [3.8, 4) is 6.07 Å². The van der Waals surface area contributed by atoms with Crippen LogP contribution in [0.25, 0.3) is 0 Å². The van der Waals surface area contributed by atoms with Crippen LogP contribution >= 0.6 is 0 Å². The maximum absolute atomic E-state index is 13.8. The molecule has 1 aromatic carbocycles. The summed E-state index contributed by atoms with van der Waals surface area (Å²) >= 11 is 0. The Morgan fingerprint density at radius 3 is 2.20 bits per heavy atom. The van der Waals surface area contributed by atoms with E-state index in [-0.39, 0.29) is 23.7 Å². The Kier molecular flexibility index (Phi) is 6.05. The lowest BCUT2D eigenvalue weighted by Gasteiger charge is -2.26. The van der Waals surface area contributed by atoms with Crippen LogP contribution in [0.2, 0.25) is 0 Å². The lowest BCUT2D eigenvalue weighted by molar-refractivity contribution is 0.286. The molecule has 3 nitrogen and oxygen atoms in total. The van der Waals surface area contributed by atoms with Crippen LogP contribution in [0.15, 0.2) is 12.1 Å². The van der Waals surface area contributed by atoms with E-state index in [0.29, 0.717) is 5.92 Å². The minimum absolute atomic E-state index is 0.00236. The third-order valence-electron chi connectivity index (χ3n) is 3.18. The normalized spacial score (nSPS) is 12.8. The Balaban J connectivity index is 2.81. The molecule has 0 amide bonds. The second kappa shape index (κ2) is 7.32. The highest BCUT2D eigenvalue weighted by Gasteiger charge is 2.17. The minimum atomic E-state index is -0.679. The van der Waals surface area contributed by atoms with E-state index in [2.05, 4.69) is 19.2 Å². The topological polar surface area (TPSA) is 39.1 Å². The summed E-state index contributed by atoms with van der Waals surface area (Å²) in [5.74, 6) is -1.01. The molecule has 20 heavy (non-hydrogen) atoms. The summed E-state index contributed by atoms with van der Waals surface area (Å²) in [6.45, 7) is 5.02. The number of benzene rings is 1. The Morgan fingerprint density at radius 2 is 1.80 bits per heavy atom. The van der Waals surface area contributed by atoms with Gasteiger partial charge in [-0.25, -0.2) is 8.78 Å². The Bertz CT molecular complexity index is 469. The van der Waals surface area contributed by atoms with Gasteiger partial charge in [0.1, 0.15) is 11.6 Å². The molecule has 0 radical (unpaired) electrons. The van der Waals surface area contributed by atoms with Crippen LogP contribution in [-0.2, 0) is 6.54 Å². The van der Waals surface area contributed by atoms with Crippen LogP contribution < -0.4 is 5.32 Å². The van der Waals surface area contributed by atoms with Gasteiger partial charge < -0.3 is 10.2 Å². The first-order valence-corrected chi connectivity index (χ1v) is 6.61. The molecule has 0 aliphatic carbocycles. The van der Waals surface area contributed by atoms with E-state index < -0.39 is 11.6 Å². The van der Waals surface area contributed by atoms with Crippen molar-refractivity contribution < 1.29 is 8.78 Å². The molecule has 0 aromatic heterocycles. The molecule has 0 spiro atoms. The van der Waals surface area contributed by atoms with Crippen molar-refractivity contribution in [2.24, 2.45) is 5.92 Å². The van der Waals surface area contributed by atoms with Crippen molar-refractivity contribution in [3.63, 3.8) is 0 Å². The summed E-state index contributed by atoms with van der Waals surface area (Å²) in [6, 6.07) is 4.01. The SMILES string of the molecule is CC(C)C(CN(C)C)NCc1c(F)cc(C#N)cc1F. The number of nitriles is 1. The van der Waals surface area contributed by atoms with Crippen LogP contribution in [-0.4, -0.2) is 31.6 Å². The van der Waals surface area contributed by atoms with Gasteiger partial charge in [-0.05, 0) is 32.1 Å². The predicted octanol–water partition coefficient (Wildman–Crippen LogP) is 2.51. The molecular weight excluding hydrogens is 260 g/mol. The zero-order chi connectivity index (χ0) is 15.3. The molecule has 0 saturated carbocycles.